The van der Waals surface area contributed by atoms with Crippen LogP contribution in [0.4, 0.5) is 0 Å². The summed E-state index contributed by atoms with van der Waals surface area (Å²) >= 11 is 0. The Balaban J connectivity index is -0.000000339. The average molecular weight is 228 g/mol. The van der Waals surface area contributed by atoms with Crippen molar-refractivity contribution in [3.63, 3.8) is 0 Å². The first-order valence-corrected chi connectivity index (χ1v) is 4.50. The van der Waals surface area contributed by atoms with Crippen LogP contribution in [-0.4, -0.2) is 24.9 Å². The first kappa shape index (κ1) is 16.0. The van der Waals surface area contributed by atoms with Crippen molar-refractivity contribution in [2.75, 3.05) is 0 Å². The van der Waals surface area contributed by atoms with E-state index in [1.165, 1.54) is 18.2 Å². The van der Waals surface area contributed by atoms with Gasteiger partial charge >= 0.3 is 29.6 Å². The molecule has 0 fully saturated rings. The molecule has 0 aliphatic rings. The maximum Gasteiger partial charge on any atom is 1.00 e. The van der Waals surface area contributed by atoms with E-state index in [0.717, 1.165) is 6.07 Å². The third kappa shape index (κ3) is 4.73. The monoisotopic (exact) mass is 228 g/mol. The Morgan fingerprint density at radius 1 is 1.21 bits per heavy atom. The van der Waals surface area contributed by atoms with E-state index >= 15 is 0 Å². The predicted octanol–water partition coefficient (Wildman–Crippen LogP) is -2.43. The van der Waals surface area contributed by atoms with E-state index in [2.05, 4.69) is 0 Å². The minimum atomic E-state index is -4.28. The van der Waals surface area contributed by atoms with E-state index in [1.54, 1.807) is 0 Å². The SMILES string of the molecule is C=O.O=S(=O)(O)c1ccccc1O.[H-].[Na+]. The average Bonchev–Trinajstić information content (AvgIpc) is 2.07. The van der Waals surface area contributed by atoms with Gasteiger partial charge in [0.25, 0.3) is 10.1 Å². The number of para-hydroxylation sites is 1. The van der Waals surface area contributed by atoms with E-state index in [9.17, 15) is 8.42 Å². The number of phenolic OH excluding ortho intramolecular Hbond substituents is 1. The molecule has 14 heavy (non-hydrogen) atoms. The summed E-state index contributed by atoms with van der Waals surface area (Å²) in [4.78, 5) is 7.53. The van der Waals surface area contributed by atoms with Crippen molar-refractivity contribution in [3.8, 4) is 5.75 Å². The molecule has 0 heterocycles. The first-order valence-electron chi connectivity index (χ1n) is 3.06. The van der Waals surface area contributed by atoms with Crippen LogP contribution in [0.25, 0.3) is 0 Å². The molecule has 1 aromatic carbocycles. The van der Waals surface area contributed by atoms with Crippen LogP contribution >= 0.6 is 0 Å². The number of hydrogen-bond donors (Lipinski definition) is 2. The maximum absolute atomic E-state index is 10.4. The number of hydrogen-bond acceptors (Lipinski definition) is 4. The van der Waals surface area contributed by atoms with Crippen LogP contribution in [0, 0.1) is 0 Å². The standard InChI is InChI=1S/C6H6O4S.CH2O.Na.H/c7-5-3-1-2-4-6(5)11(8,9)10;1-2;;/h1-4,7H,(H,8,9,10);1H2;;/q;;+1;-1. The van der Waals surface area contributed by atoms with Gasteiger partial charge in [0.05, 0.1) is 0 Å². The third-order valence-electron chi connectivity index (χ3n) is 1.14. The number of carbonyl (C=O) groups excluding carboxylic acids is 1. The third-order valence-corrected chi connectivity index (χ3v) is 2.04. The van der Waals surface area contributed by atoms with Gasteiger partial charge in [-0.05, 0) is 12.1 Å². The summed E-state index contributed by atoms with van der Waals surface area (Å²) in [7, 11) is -4.28. The fourth-order valence-corrected chi connectivity index (χ4v) is 1.26. The largest absolute Gasteiger partial charge is 1.00 e. The molecule has 74 valence electrons. The second-order valence-electron chi connectivity index (χ2n) is 1.94. The first-order chi connectivity index (χ1) is 6.02. The molecule has 0 saturated carbocycles. The Hall–Kier alpha value is -0.400. The minimum Gasteiger partial charge on any atom is -1.00 e. The topological polar surface area (TPSA) is 91.7 Å². The second-order valence-corrected chi connectivity index (χ2v) is 3.33. The fourth-order valence-electron chi connectivity index (χ4n) is 0.675. The van der Waals surface area contributed by atoms with Crippen molar-refractivity contribution in [3.05, 3.63) is 24.3 Å². The van der Waals surface area contributed by atoms with Gasteiger partial charge in [0, 0.05) is 0 Å². The van der Waals surface area contributed by atoms with Crippen molar-refractivity contribution in [2.45, 2.75) is 4.90 Å². The van der Waals surface area contributed by atoms with Crippen LogP contribution in [0.1, 0.15) is 1.43 Å². The van der Waals surface area contributed by atoms with Crippen LogP contribution in [0.5, 0.6) is 5.75 Å². The number of phenols is 1. The second kappa shape index (κ2) is 6.97. The number of benzene rings is 1. The molecule has 0 saturated heterocycles. The molecule has 1 aromatic rings. The van der Waals surface area contributed by atoms with Crippen LogP contribution in [-0.2, 0) is 14.9 Å². The molecular weight excluding hydrogens is 219 g/mol. The summed E-state index contributed by atoms with van der Waals surface area (Å²) in [6.45, 7) is 2.00. The minimum absolute atomic E-state index is 0. The summed E-state index contributed by atoms with van der Waals surface area (Å²) in [5.74, 6) is -0.449. The van der Waals surface area contributed by atoms with Gasteiger partial charge in [0.15, 0.2) is 0 Å². The maximum atomic E-state index is 10.4. The molecule has 0 aliphatic carbocycles. The summed E-state index contributed by atoms with van der Waals surface area (Å²) in [5.41, 5.74) is 0. The summed E-state index contributed by atoms with van der Waals surface area (Å²) in [6, 6.07) is 5.17. The van der Waals surface area contributed by atoms with Gasteiger partial charge < -0.3 is 11.3 Å². The zero-order valence-electron chi connectivity index (χ0n) is 8.54. The van der Waals surface area contributed by atoms with Gasteiger partial charge in [0.2, 0.25) is 0 Å². The van der Waals surface area contributed by atoms with E-state index in [1.807, 2.05) is 6.79 Å². The van der Waals surface area contributed by atoms with Crippen molar-refractivity contribution in [1.29, 1.82) is 0 Å². The van der Waals surface area contributed by atoms with Crippen LogP contribution < -0.4 is 29.6 Å². The molecule has 0 radical (unpaired) electrons. The molecule has 1 rings (SSSR count). The van der Waals surface area contributed by atoms with Gasteiger partial charge in [0.1, 0.15) is 17.4 Å². The van der Waals surface area contributed by atoms with Gasteiger partial charge in [-0.3, -0.25) is 4.55 Å². The summed E-state index contributed by atoms with van der Waals surface area (Å²) in [5, 5.41) is 8.91. The predicted molar refractivity (Wildman–Crippen MR) is 46.2 cm³/mol. The molecule has 7 heteroatoms. The van der Waals surface area contributed by atoms with Crippen LogP contribution in [0.15, 0.2) is 29.2 Å². The molecule has 0 aliphatic heterocycles. The number of rotatable bonds is 1. The number of aromatic hydroxyl groups is 1. The van der Waals surface area contributed by atoms with Gasteiger partial charge in [-0.1, -0.05) is 12.1 Å². The zero-order valence-corrected chi connectivity index (χ0v) is 10.4. The zero-order chi connectivity index (χ0) is 10.5. The van der Waals surface area contributed by atoms with Crippen molar-refractivity contribution in [1.82, 2.24) is 0 Å². The molecule has 0 aromatic heterocycles. The van der Waals surface area contributed by atoms with Crippen molar-refractivity contribution < 1.29 is 53.9 Å². The van der Waals surface area contributed by atoms with Crippen LogP contribution in [0.3, 0.4) is 0 Å². The molecule has 5 nitrogen and oxygen atoms in total. The Bertz CT molecular complexity index is 381. The Labute approximate surface area is 105 Å². The van der Waals surface area contributed by atoms with Gasteiger partial charge in [-0.15, -0.1) is 0 Å². The van der Waals surface area contributed by atoms with E-state index in [4.69, 9.17) is 14.5 Å². The molecule has 0 unspecified atom stereocenters. The Morgan fingerprint density at radius 3 is 1.93 bits per heavy atom. The Morgan fingerprint density at radius 2 is 1.64 bits per heavy atom. The molecule has 0 bridgehead atoms. The van der Waals surface area contributed by atoms with E-state index in [-0.39, 0.29) is 31.0 Å². The van der Waals surface area contributed by atoms with Crippen molar-refractivity contribution in [2.24, 2.45) is 0 Å². The van der Waals surface area contributed by atoms with E-state index in [0.29, 0.717) is 0 Å². The number of carbonyl (C=O) groups is 1. The molecule has 0 atom stereocenters. The molecular formula is C7H9NaO5S. The van der Waals surface area contributed by atoms with Crippen molar-refractivity contribution >= 4 is 16.9 Å². The van der Waals surface area contributed by atoms with Gasteiger partial charge in [-0.2, -0.15) is 8.42 Å². The summed E-state index contributed by atoms with van der Waals surface area (Å²) < 4.78 is 29.4. The Kier molecular flexibility index (Phi) is 7.98. The van der Waals surface area contributed by atoms with E-state index < -0.39 is 20.8 Å². The normalized spacial score (nSPS) is 9.21. The quantitative estimate of drug-likeness (QED) is 0.412. The molecule has 0 amide bonds. The smallest absolute Gasteiger partial charge is 1.00 e. The van der Waals surface area contributed by atoms with Crippen LogP contribution in [0.2, 0.25) is 0 Å². The molecule has 2 N–H and O–H groups in total. The summed E-state index contributed by atoms with van der Waals surface area (Å²) in [6.07, 6.45) is 0. The molecule has 0 spiro atoms. The fraction of sp³-hybridized carbons (Fsp3) is 0. The van der Waals surface area contributed by atoms with Gasteiger partial charge in [-0.25, -0.2) is 0 Å².